The van der Waals surface area contributed by atoms with Crippen LogP contribution in [0.2, 0.25) is 0 Å². The molecule has 0 unspecified atom stereocenters. The topological polar surface area (TPSA) is 124 Å². The molecule has 0 radical (unpaired) electrons. The number of hydrogen-bond acceptors (Lipinski definition) is 9. The van der Waals surface area contributed by atoms with Gasteiger partial charge in [0, 0.05) is 17.7 Å². The summed E-state index contributed by atoms with van der Waals surface area (Å²) in [6, 6.07) is 14.6. The Kier molecular flexibility index (Phi) is 17.4. The SMILES string of the molecule is CCCCCCOc1ccc(-c2nc(-c3ccc(OCCCCCCCCCCCOC(=O)C(C)(C)CC)cc3O)nc(-c3c(C)cc(C)cc3C)n2)c(O)c1. The Balaban J connectivity index is 1.33. The molecule has 0 aliphatic rings. The molecule has 0 saturated carbocycles. The zero-order chi connectivity index (χ0) is 40.5. The van der Waals surface area contributed by atoms with Crippen LogP contribution in [0.4, 0.5) is 0 Å². The van der Waals surface area contributed by atoms with Crippen LogP contribution in [0.1, 0.15) is 134 Å². The fraction of sp³-hybridized carbons (Fsp3) is 0.532. The average Bonchev–Trinajstić information content (AvgIpc) is 3.16. The van der Waals surface area contributed by atoms with Crippen molar-refractivity contribution in [2.75, 3.05) is 19.8 Å². The van der Waals surface area contributed by atoms with Crippen LogP contribution >= 0.6 is 0 Å². The molecule has 0 atom stereocenters. The molecule has 9 nitrogen and oxygen atoms in total. The lowest BCUT2D eigenvalue weighted by Gasteiger charge is -2.20. The van der Waals surface area contributed by atoms with E-state index in [-0.39, 0.29) is 17.5 Å². The third-order valence-electron chi connectivity index (χ3n) is 10.4. The second kappa shape index (κ2) is 22.2. The minimum absolute atomic E-state index is 0.00181. The number of carbonyl (C=O) groups excluding carboxylic acids is 1. The van der Waals surface area contributed by atoms with Gasteiger partial charge in [0.1, 0.15) is 23.0 Å². The van der Waals surface area contributed by atoms with Gasteiger partial charge in [0.2, 0.25) is 0 Å². The molecule has 56 heavy (non-hydrogen) atoms. The van der Waals surface area contributed by atoms with Gasteiger partial charge in [-0.3, -0.25) is 4.79 Å². The van der Waals surface area contributed by atoms with E-state index in [4.69, 9.17) is 29.2 Å². The fourth-order valence-corrected chi connectivity index (χ4v) is 6.70. The maximum atomic E-state index is 12.1. The van der Waals surface area contributed by atoms with E-state index < -0.39 is 5.41 Å². The summed E-state index contributed by atoms with van der Waals surface area (Å²) >= 11 is 0. The molecule has 4 aromatic rings. The predicted octanol–water partition coefficient (Wildman–Crippen LogP) is 12.0. The highest BCUT2D eigenvalue weighted by atomic mass is 16.5. The van der Waals surface area contributed by atoms with E-state index in [0.29, 0.717) is 59.9 Å². The van der Waals surface area contributed by atoms with Crippen molar-refractivity contribution in [2.45, 2.75) is 138 Å². The molecule has 0 spiro atoms. The third kappa shape index (κ3) is 13.2. The van der Waals surface area contributed by atoms with Crippen LogP contribution in [-0.2, 0) is 9.53 Å². The molecule has 0 saturated heterocycles. The van der Waals surface area contributed by atoms with Crippen molar-refractivity contribution in [1.29, 1.82) is 0 Å². The largest absolute Gasteiger partial charge is 0.507 e. The number of benzene rings is 3. The molecule has 0 amide bonds. The Labute approximate surface area is 335 Å². The number of phenols is 2. The summed E-state index contributed by atoms with van der Waals surface area (Å²) in [6.45, 7) is 15.9. The van der Waals surface area contributed by atoms with Crippen LogP contribution in [-0.4, -0.2) is 51.0 Å². The number of nitrogens with zero attached hydrogens (tertiary/aromatic N) is 3. The molecule has 0 aliphatic heterocycles. The number of hydrogen-bond donors (Lipinski definition) is 2. The smallest absolute Gasteiger partial charge is 0.311 e. The van der Waals surface area contributed by atoms with Crippen LogP contribution in [0.15, 0.2) is 48.5 Å². The van der Waals surface area contributed by atoms with E-state index in [1.165, 1.54) is 32.1 Å². The van der Waals surface area contributed by atoms with Gasteiger partial charge in [0.05, 0.1) is 36.4 Å². The molecule has 304 valence electrons. The Morgan fingerprint density at radius 1 is 0.589 bits per heavy atom. The van der Waals surface area contributed by atoms with Gasteiger partial charge in [-0.15, -0.1) is 0 Å². The maximum absolute atomic E-state index is 12.1. The molecule has 1 aromatic heterocycles. The number of aromatic nitrogens is 3. The number of unbranched alkanes of at least 4 members (excludes halogenated alkanes) is 11. The minimum atomic E-state index is -0.394. The zero-order valence-electron chi connectivity index (χ0n) is 35.0. The van der Waals surface area contributed by atoms with Gasteiger partial charge in [-0.2, -0.15) is 0 Å². The molecule has 9 heteroatoms. The van der Waals surface area contributed by atoms with Crippen molar-refractivity contribution in [2.24, 2.45) is 5.41 Å². The molecule has 0 fully saturated rings. The summed E-state index contributed by atoms with van der Waals surface area (Å²) in [5, 5.41) is 22.4. The monoisotopic (exact) mass is 767 g/mol. The van der Waals surface area contributed by atoms with Gasteiger partial charge in [-0.25, -0.2) is 15.0 Å². The standard InChI is InChI=1S/C47H65N3O6/c1-8-10-11-19-26-54-36-22-24-38(40(51)31-36)43-48-44(50-45(49-43)42-34(4)29-33(3)30-35(42)5)39-25-23-37(32-41(39)52)55-27-20-17-15-13-12-14-16-18-21-28-56-46(53)47(6,7)9-2/h22-25,29-32,51-52H,8-21,26-28H2,1-7H3. The van der Waals surface area contributed by atoms with E-state index in [1.54, 1.807) is 24.3 Å². The molecule has 3 aromatic carbocycles. The number of rotatable bonds is 24. The van der Waals surface area contributed by atoms with Crippen molar-refractivity contribution < 1.29 is 29.2 Å². The van der Waals surface area contributed by atoms with Crippen LogP contribution < -0.4 is 9.47 Å². The third-order valence-corrected chi connectivity index (χ3v) is 10.4. The van der Waals surface area contributed by atoms with E-state index in [1.807, 2.05) is 46.8 Å². The lowest BCUT2D eigenvalue weighted by atomic mass is 9.91. The summed E-state index contributed by atoms with van der Waals surface area (Å²) in [4.78, 5) is 26.5. The molecular formula is C47H65N3O6. The Morgan fingerprint density at radius 3 is 1.46 bits per heavy atom. The first kappa shape index (κ1) is 44.1. The van der Waals surface area contributed by atoms with Crippen molar-refractivity contribution in [3.05, 3.63) is 65.2 Å². The summed E-state index contributed by atoms with van der Waals surface area (Å²) < 4.78 is 17.3. The van der Waals surface area contributed by atoms with E-state index in [2.05, 4.69) is 26.0 Å². The maximum Gasteiger partial charge on any atom is 0.311 e. The Bertz CT molecular complexity index is 1830. The first-order chi connectivity index (χ1) is 26.9. The molecule has 1 heterocycles. The number of aryl methyl sites for hydroxylation is 3. The van der Waals surface area contributed by atoms with Crippen LogP contribution in [0.5, 0.6) is 23.0 Å². The number of ether oxygens (including phenoxy) is 3. The van der Waals surface area contributed by atoms with Crippen molar-refractivity contribution >= 4 is 5.97 Å². The van der Waals surface area contributed by atoms with Gasteiger partial charge in [0.15, 0.2) is 17.5 Å². The van der Waals surface area contributed by atoms with Gasteiger partial charge in [-0.1, -0.05) is 95.8 Å². The lowest BCUT2D eigenvalue weighted by Crippen LogP contribution is -2.26. The first-order valence-corrected chi connectivity index (χ1v) is 20.9. The highest BCUT2D eigenvalue weighted by Crippen LogP contribution is 2.37. The summed E-state index contributed by atoms with van der Waals surface area (Å²) in [7, 11) is 0. The van der Waals surface area contributed by atoms with Crippen molar-refractivity contribution in [3.8, 4) is 57.2 Å². The summed E-state index contributed by atoms with van der Waals surface area (Å²) in [5.41, 5.74) is 4.58. The highest BCUT2D eigenvalue weighted by molar-refractivity contribution is 5.76. The number of aromatic hydroxyl groups is 2. The minimum Gasteiger partial charge on any atom is -0.507 e. The number of carbonyl (C=O) groups is 1. The molecule has 0 aliphatic carbocycles. The molecule has 0 bridgehead atoms. The van der Waals surface area contributed by atoms with Gasteiger partial charge in [0.25, 0.3) is 0 Å². The van der Waals surface area contributed by atoms with E-state index in [9.17, 15) is 15.0 Å². The first-order valence-electron chi connectivity index (χ1n) is 20.9. The second-order valence-electron chi connectivity index (χ2n) is 15.8. The zero-order valence-corrected chi connectivity index (χ0v) is 35.0. The molecule has 2 N–H and O–H groups in total. The van der Waals surface area contributed by atoms with E-state index >= 15 is 0 Å². The van der Waals surface area contributed by atoms with Crippen LogP contribution in [0.3, 0.4) is 0 Å². The number of esters is 1. The Hall–Kier alpha value is -4.66. The predicted molar refractivity (Wildman–Crippen MR) is 225 cm³/mol. The van der Waals surface area contributed by atoms with E-state index in [0.717, 1.165) is 80.0 Å². The van der Waals surface area contributed by atoms with Gasteiger partial charge < -0.3 is 24.4 Å². The lowest BCUT2D eigenvalue weighted by molar-refractivity contribution is -0.154. The van der Waals surface area contributed by atoms with Crippen molar-refractivity contribution in [3.63, 3.8) is 0 Å². The Morgan fingerprint density at radius 2 is 1.02 bits per heavy atom. The van der Waals surface area contributed by atoms with Crippen LogP contribution in [0, 0.1) is 26.2 Å². The molecular weight excluding hydrogens is 703 g/mol. The highest BCUT2D eigenvalue weighted by Gasteiger charge is 2.26. The van der Waals surface area contributed by atoms with Crippen LogP contribution in [0.25, 0.3) is 34.2 Å². The second-order valence-corrected chi connectivity index (χ2v) is 15.8. The average molecular weight is 768 g/mol. The number of phenolic OH excluding ortho intramolecular Hbond substituents is 2. The normalized spacial score (nSPS) is 11.5. The quantitative estimate of drug-likeness (QED) is 0.0529. The van der Waals surface area contributed by atoms with Gasteiger partial charge in [-0.05, 0) is 95.7 Å². The summed E-state index contributed by atoms with van der Waals surface area (Å²) in [5.74, 6) is 2.14. The molecule has 4 rings (SSSR count). The fourth-order valence-electron chi connectivity index (χ4n) is 6.70. The van der Waals surface area contributed by atoms with Crippen molar-refractivity contribution in [1.82, 2.24) is 15.0 Å². The summed E-state index contributed by atoms with van der Waals surface area (Å²) in [6.07, 6.45) is 15.2. The van der Waals surface area contributed by atoms with Gasteiger partial charge >= 0.3 is 5.97 Å².